The number of nitrogens with one attached hydrogen (secondary N) is 1. The maximum Gasteiger partial charge on any atom is 0.270 e. The van der Waals surface area contributed by atoms with Crippen molar-refractivity contribution in [1.82, 2.24) is 5.32 Å². The summed E-state index contributed by atoms with van der Waals surface area (Å²) >= 11 is 17.8. The van der Waals surface area contributed by atoms with Crippen LogP contribution in [0.5, 0.6) is 0 Å². The molecule has 0 bridgehead atoms. The molecule has 1 saturated heterocycles. The van der Waals surface area contributed by atoms with E-state index in [1.165, 1.54) is 11.0 Å². The first-order chi connectivity index (χ1) is 15.0. The van der Waals surface area contributed by atoms with Gasteiger partial charge in [-0.05, 0) is 92.0 Å². The van der Waals surface area contributed by atoms with Crippen LogP contribution in [0, 0.1) is 0 Å². The summed E-state index contributed by atoms with van der Waals surface area (Å²) in [6, 6.07) is 10.5. The molecular weight excluding hydrogens is 465 g/mol. The third-order valence-electron chi connectivity index (χ3n) is 6.24. The molecule has 0 saturated carbocycles. The second-order valence-corrected chi connectivity index (χ2v) is 10.1. The minimum Gasteiger partial charge on any atom is -0.369 e. The third kappa shape index (κ3) is 3.91. The van der Waals surface area contributed by atoms with Crippen molar-refractivity contribution in [3.63, 3.8) is 0 Å². The Kier molecular flexibility index (Phi) is 5.82. The molecule has 2 aliphatic heterocycles. The molecule has 0 spiro atoms. The van der Waals surface area contributed by atoms with E-state index in [9.17, 15) is 9.59 Å². The number of halogens is 2. The lowest BCUT2D eigenvalue weighted by atomic mass is 9.80. The van der Waals surface area contributed by atoms with Crippen molar-refractivity contribution in [3.05, 3.63) is 63.1 Å². The van der Waals surface area contributed by atoms with Crippen LogP contribution in [0.15, 0.2) is 42.0 Å². The van der Waals surface area contributed by atoms with Gasteiger partial charge in [-0.25, -0.2) is 0 Å². The summed E-state index contributed by atoms with van der Waals surface area (Å²) in [5, 5.41) is 3.62. The van der Waals surface area contributed by atoms with E-state index in [0.717, 1.165) is 17.7 Å². The summed E-state index contributed by atoms with van der Waals surface area (Å²) in [6.07, 6.45) is 2.52. The second kappa shape index (κ2) is 8.18. The Morgan fingerprint density at radius 1 is 1.16 bits per heavy atom. The number of anilines is 2. The molecule has 2 aromatic carbocycles. The van der Waals surface area contributed by atoms with Gasteiger partial charge in [-0.1, -0.05) is 30.1 Å². The van der Waals surface area contributed by atoms with E-state index >= 15 is 0 Å². The minimum atomic E-state index is -0.551. The molecule has 2 aliphatic rings. The summed E-state index contributed by atoms with van der Waals surface area (Å²) < 4.78 is 0. The van der Waals surface area contributed by atoms with E-state index in [4.69, 9.17) is 35.4 Å². The van der Waals surface area contributed by atoms with Gasteiger partial charge in [0.2, 0.25) is 0 Å². The van der Waals surface area contributed by atoms with Crippen molar-refractivity contribution >= 4 is 69.8 Å². The van der Waals surface area contributed by atoms with Crippen LogP contribution in [0.1, 0.15) is 44.2 Å². The highest BCUT2D eigenvalue weighted by Crippen LogP contribution is 2.44. The molecule has 0 aromatic heterocycles. The molecule has 166 valence electrons. The van der Waals surface area contributed by atoms with Gasteiger partial charge < -0.3 is 4.90 Å². The van der Waals surface area contributed by atoms with Crippen LogP contribution in [0.3, 0.4) is 0 Å². The molecule has 32 heavy (non-hydrogen) atoms. The fourth-order valence-electron chi connectivity index (χ4n) is 4.35. The first-order valence-corrected chi connectivity index (χ1v) is 11.4. The number of fused-ring (bicyclic) bond motifs is 1. The molecule has 1 fully saturated rings. The summed E-state index contributed by atoms with van der Waals surface area (Å²) in [6.45, 7) is 6.59. The van der Waals surface area contributed by atoms with Gasteiger partial charge in [0.05, 0.1) is 5.69 Å². The number of nitrogens with zero attached hydrogens (tertiary/aromatic N) is 2. The fourth-order valence-corrected chi connectivity index (χ4v) is 4.97. The van der Waals surface area contributed by atoms with E-state index in [-0.39, 0.29) is 16.2 Å². The average Bonchev–Trinajstić information content (AvgIpc) is 2.71. The van der Waals surface area contributed by atoms with Crippen molar-refractivity contribution in [1.29, 1.82) is 0 Å². The van der Waals surface area contributed by atoms with Gasteiger partial charge in [0, 0.05) is 28.3 Å². The van der Waals surface area contributed by atoms with Crippen molar-refractivity contribution in [3.8, 4) is 0 Å². The number of hydrogen-bond donors (Lipinski definition) is 1. The van der Waals surface area contributed by atoms with Gasteiger partial charge in [0.1, 0.15) is 5.57 Å². The molecule has 8 heteroatoms. The molecule has 0 radical (unpaired) electrons. The number of rotatable bonds is 2. The van der Waals surface area contributed by atoms with E-state index in [1.54, 1.807) is 24.3 Å². The van der Waals surface area contributed by atoms with Gasteiger partial charge in [-0.3, -0.25) is 19.8 Å². The predicted octanol–water partition coefficient (Wildman–Crippen LogP) is 5.55. The van der Waals surface area contributed by atoms with Crippen LogP contribution in [0.25, 0.3) is 6.08 Å². The van der Waals surface area contributed by atoms with Crippen molar-refractivity contribution in [2.24, 2.45) is 0 Å². The molecule has 5 nitrogen and oxygen atoms in total. The molecule has 2 aromatic rings. The van der Waals surface area contributed by atoms with E-state index in [1.807, 2.05) is 12.1 Å². The van der Waals surface area contributed by atoms with Crippen LogP contribution in [-0.2, 0) is 9.59 Å². The first-order valence-electron chi connectivity index (χ1n) is 10.2. The maximum atomic E-state index is 13.3. The Hall–Kier alpha value is -2.41. The lowest BCUT2D eigenvalue weighted by molar-refractivity contribution is -0.122. The lowest BCUT2D eigenvalue weighted by Crippen LogP contribution is -2.54. The molecular formula is C24H23Cl2N3O2S. The topological polar surface area (TPSA) is 52.7 Å². The molecule has 1 N–H and O–H groups in total. The largest absolute Gasteiger partial charge is 0.369 e. The second-order valence-electron chi connectivity index (χ2n) is 8.84. The summed E-state index contributed by atoms with van der Waals surface area (Å²) in [5.41, 5.74) is 3.30. The number of carbonyl (C=O) groups is 2. The summed E-state index contributed by atoms with van der Waals surface area (Å²) in [4.78, 5) is 29.4. The van der Waals surface area contributed by atoms with E-state index < -0.39 is 11.8 Å². The molecule has 0 aliphatic carbocycles. The van der Waals surface area contributed by atoms with Gasteiger partial charge in [0.15, 0.2) is 5.11 Å². The van der Waals surface area contributed by atoms with Gasteiger partial charge in [-0.2, -0.15) is 0 Å². The van der Waals surface area contributed by atoms with Crippen LogP contribution in [0.2, 0.25) is 10.0 Å². The molecule has 2 heterocycles. The first kappa shape index (κ1) is 22.8. The number of hydrogen-bond acceptors (Lipinski definition) is 4. The zero-order valence-corrected chi connectivity index (χ0v) is 20.5. The van der Waals surface area contributed by atoms with Crippen LogP contribution in [0.4, 0.5) is 11.4 Å². The number of amides is 2. The quantitative estimate of drug-likeness (QED) is 0.342. The van der Waals surface area contributed by atoms with E-state index in [2.05, 4.69) is 38.0 Å². The predicted molar refractivity (Wildman–Crippen MR) is 135 cm³/mol. The van der Waals surface area contributed by atoms with Crippen LogP contribution in [-0.4, -0.2) is 29.5 Å². The Morgan fingerprint density at radius 3 is 2.47 bits per heavy atom. The fraction of sp³-hybridized carbons (Fsp3) is 0.292. The summed E-state index contributed by atoms with van der Waals surface area (Å²) in [5.74, 6) is -0.758. The van der Waals surface area contributed by atoms with Crippen molar-refractivity contribution < 1.29 is 9.59 Å². The Morgan fingerprint density at radius 2 is 1.81 bits per heavy atom. The highest BCUT2D eigenvalue weighted by molar-refractivity contribution is 7.80. The highest BCUT2D eigenvalue weighted by atomic mass is 35.5. The Labute approximate surface area is 203 Å². The Balaban J connectivity index is 1.77. The molecule has 1 atom stereocenters. The van der Waals surface area contributed by atoms with Crippen molar-refractivity contribution in [2.75, 3.05) is 16.8 Å². The molecule has 0 unspecified atom stereocenters. The molecule has 2 amide bonds. The minimum absolute atomic E-state index is 0.00370. The third-order valence-corrected chi connectivity index (χ3v) is 7.10. The van der Waals surface area contributed by atoms with Crippen LogP contribution < -0.4 is 15.1 Å². The number of carbonyl (C=O) groups excluding carboxylic acids is 2. The number of thiocarbonyl (C=S) groups is 1. The van der Waals surface area contributed by atoms with Crippen LogP contribution >= 0.6 is 35.4 Å². The maximum absolute atomic E-state index is 13.3. The average molecular weight is 488 g/mol. The highest BCUT2D eigenvalue weighted by Gasteiger charge is 2.36. The SMILES string of the molecule is C[C@@H]1CC(C)(C)N(C)c2cc(Cl)c(/C=C3\C(=O)NC(=S)N(c4ccc(Cl)cc4)C3=O)cc21. The molecule has 4 rings (SSSR count). The zero-order valence-electron chi connectivity index (χ0n) is 18.2. The van der Waals surface area contributed by atoms with Gasteiger partial charge in [-0.15, -0.1) is 0 Å². The lowest BCUT2D eigenvalue weighted by Gasteiger charge is -2.45. The van der Waals surface area contributed by atoms with Crippen molar-refractivity contribution in [2.45, 2.75) is 38.6 Å². The van der Waals surface area contributed by atoms with Gasteiger partial charge in [0.25, 0.3) is 11.8 Å². The summed E-state index contributed by atoms with van der Waals surface area (Å²) in [7, 11) is 2.06. The zero-order chi connectivity index (χ0) is 23.4. The standard InChI is InChI=1S/C24H23Cl2N3O2S/c1-13-12-24(2,3)28(4)20-11-19(26)14(9-17(13)20)10-18-21(30)27-23(32)29(22(18)31)16-7-5-15(25)6-8-16/h5-11,13H,12H2,1-4H3,(H,27,30,32)/b18-10+/t13-/m1/s1. The van der Waals surface area contributed by atoms with Gasteiger partial charge >= 0.3 is 0 Å². The monoisotopic (exact) mass is 487 g/mol. The smallest absolute Gasteiger partial charge is 0.270 e. The Bertz CT molecular complexity index is 1170. The normalized spacial score (nSPS) is 21.6. The number of benzene rings is 2. The van der Waals surface area contributed by atoms with E-state index in [0.29, 0.717) is 27.2 Å².